The highest BCUT2D eigenvalue weighted by Crippen LogP contribution is 2.38. The molecule has 0 aliphatic heterocycles. The van der Waals surface area contributed by atoms with Crippen LogP contribution in [0.1, 0.15) is 47.2 Å². The van der Waals surface area contributed by atoms with Crippen molar-refractivity contribution in [3.05, 3.63) is 106 Å². The highest BCUT2D eigenvalue weighted by Gasteiger charge is 2.36. The van der Waals surface area contributed by atoms with Gasteiger partial charge in [0.25, 0.3) is 11.5 Å². The third-order valence-electron chi connectivity index (χ3n) is 6.02. The Kier molecular flexibility index (Phi) is 6.50. The summed E-state index contributed by atoms with van der Waals surface area (Å²) in [6.45, 7) is 0.256. The lowest BCUT2D eigenvalue weighted by atomic mass is 9.88. The second-order valence-electron chi connectivity index (χ2n) is 8.26. The van der Waals surface area contributed by atoms with Gasteiger partial charge in [0.1, 0.15) is 6.54 Å². The standard InChI is InChI=1S/C26H27N3O3/c30-23(28-26(15-7-8-16-26)22-11-5-2-6-12-22)19-29-18-21(13-14-24(29)31)25(32)27-17-20-9-3-1-4-10-20/h1-6,9-14,18H,7-8,15-17,19H2,(H,27,32)(H,28,30). The summed E-state index contributed by atoms with van der Waals surface area (Å²) in [6, 6.07) is 22.4. The first-order chi connectivity index (χ1) is 15.6. The first-order valence-electron chi connectivity index (χ1n) is 10.9. The second kappa shape index (κ2) is 9.64. The van der Waals surface area contributed by atoms with Gasteiger partial charge in [0.2, 0.25) is 5.91 Å². The molecule has 0 unspecified atom stereocenters. The van der Waals surface area contributed by atoms with Crippen molar-refractivity contribution in [2.45, 2.75) is 44.3 Å². The summed E-state index contributed by atoms with van der Waals surface area (Å²) < 4.78 is 1.29. The lowest BCUT2D eigenvalue weighted by Crippen LogP contribution is -2.46. The van der Waals surface area contributed by atoms with Gasteiger partial charge in [-0.1, -0.05) is 73.5 Å². The lowest BCUT2D eigenvalue weighted by Gasteiger charge is -2.31. The average molecular weight is 430 g/mol. The van der Waals surface area contributed by atoms with E-state index in [0.29, 0.717) is 12.1 Å². The van der Waals surface area contributed by atoms with Gasteiger partial charge in [0, 0.05) is 18.8 Å². The summed E-state index contributed by atoms with van der Waals surface area (Å²) in [5, 5.41) is 6.03. The zero-order chi connectivity index (χ0) is 22.4. The van der Waals surface area contributed by atoms with Gasteiger partial charge in [0.05, 0.1) is 11.1 Å². The number of pyridine rings is 1. The number of carbonyl (C=O) groups is 2. The van der Waals surface area contributed by atoms with Crippen molar-refractivity contribution in [3.63, 3.8) is 0 Å². The Morgan fingerprint density at radius 2 is 1.53 bits per heavy atom. The summed E-state index contributed by atoms with van der Waals surface area (Å²) in [7, 11) is 0. The zero-order valence-electron chi connectivity index (χ0n) is 17.9. The third-order valence-corrected chi connectivity index (χ3v) is 6.02. The Morgan fingerprint density at radius 1 is 0.875 bits per heavy atom. The van der Waals surface area contributed by atoms with E-state index < -0.39 is 5.54 Å². The van der Waals surface area contributed by atoms with Crippen molar-refractivity contribution in [1.82, 2.24) is 15.2 Å². The van der Waals surface area contributed by atoms with Gasteiger partial charge < -0.3 is 15.2 Å². The Bertz CT molecular complexity index is 1130. The Balaban J connectivity index is 1.45. The number of hydrogen-bond donors (Lipinski definition) is 2. The summed E-state index contributed by atoms with van der Waals surface area (Å²) >= 11 is 0. The monoisotopic (exact) mass is 429 g/mol. The molecule has 32 heavy (non-hydrogen) atoms. The number of rotatable bonds is 7. The molecule has 0 atom stereocenters. The number of hydrogen-bond acceptors (Lipinski definition) is 3. The molecular formula is C26H27N3O3. The molecule has 0 saturated heterocycles. The van der Waals surface area contributed by atoms with E-state index in [0.717, 1.165) is 36.8 Å². The number of carbonyl (C=O) groups excluding carboxylic acids is 2. The highest BCUT2D eigenvalue weighted by molar-refractivity contribution is 5.93. The van der Waals surface area contributed by atoms with E-state index in [1.165, 1.54) is 22.9 Å². The second-order valence-corrected chi connectivity index (χ2v) is 8.26. The fourth-order valence-electron chi connectivity index (χ4n) is 4.35. The maximum Gasteiger partial charge on any atom is 0.253 e. The number of aromatic nitrogens is 1. The molecule has 1 saturated carbocycles. The van der Waals surface area contributed by atoms with Crippen LogP contribution in [0.4, 0.5) is 0 Å². The van der Waals surface area contributed by atoms with E-state index in [4.69, 9.17) is 0 Å². The number of nitrogens with zero attached hydrogens (tertiary/aromatic N) is 1. The number of nitrogens with one attached hydrogen (secondary N) is 2. The SMILES string of the molecule is O=C(Cn1cc(C(=O)NCc2ccccc2)ccc1=O)NC1(c2ccccc2)CCCC1. The molecular weight excluding hydrogens is 402 g/mol. The summed E-state index contributed by atoms with van der Waals surface area (Å²) in [6.07, 6.45) is 5.30. The molecule has 2 aromatic carbocycles. The predicted octanol–water partition coefficient (Wildman–Crippen LogP) is 3.36. The van der Waals surface area contributed by atoms with Crippen LogP contribution in [-0.4, -0.2) is 16.4 Å². The van der Waals surface area contributed by atoms with E-state index in [-0.39, 0.29) is 23.9 Å². The molecule has 0 bridgehead atoms. The Hall–Kier alpha value is -3.67. The minimum atomic E-state index is -0.396. The maximum absolute atomic E-state index is 12.9. The van der Waals surface area contributed by atoms with E-state index in [2.05, 4.69) is 10.6 Å². The molecule has 1 aliphatic carbocycles. The van der Waals surface area contributed by atoms with Gasteiger partial charge in [-0.2, -0.15) is 0 Å². The predicted molar refractivity (Wildman–Crippen MR) is 123 cm³/mol. The molecule has 6 heteroatoms. The quantitative estimate of drug-likeness (QED) is 0.604. The van der Waals surface area contributed by atoms with Crippen LogP contribution in [0.15, 0.2) is 83.8 Å². The van der Waals surface area contributed by atoms with Crippen LogP contribution in [0.5, 0.6) is 0 Å². The minimum Gasteiger partial charge on any atom is -0.348 e. The normalized spacial score (nSPS) is 14.6. The molecule has 2 N–H and O–H groups in total. The van der Waals surface area contributed by atoms with E-state index in [1.54, 1.807) is 0 Å². The van der Waals surface area contributed by atoms with Gasteiger partial charge in [-0.3, -0.25) is 14.4 Å². The van der Waals surface area contributed by atoms with Gasteiger partial charge in [-0.05, 0) is 30.0 Å². The Labute approximate surface area is 187 Å². The minimum absolute atomic E-state index is 0.132. The first kappa shape index (κ1) is 21.6. The number of amides is 2. The lowest BCUT2D eigenvalue weighted by molar-refractivity contribution is -0.123. The molecule has 0 spiro atoms. The molecule has 0 radical (unpaired) electrons. The van der Waals surface area contributed by atoms with E-state index >= 15 is 0 Å². The van der Waals surface area contributed by atoms with Crippen LogP contribution in [0.25, 0.3) is 0 Å². The van der Waals surface area contributed by atoms with Crippen molar-refractivity contribution >= 4 is 11.8 Å². The molecule has 164 valence electrons. The molecule has 4 rings (SSSR count). The van der Waals surface area contributed by atoms with Crippen LogP contribution in [-0.2, 0) is 23.4 Å². The third kappa shape index (κ3) is 4.97. The fraction of sp³-hybridized carbons (Fsp3) is 0.269. The van der Waals surface area contributed by atoms with Crippen LogP contribution >= 0.6 is 0 Å². The maximum atomic E-state index is 12.9. The molecule has 1 heterocycles. The van der Waals surface area contributed by atoms with Gasteiger partial charge >= 0.3 is 0 Å². The largest absolute Gasteiger partial charge is 0.348 e. The highest BCUT2D eigenvalue weighted by atomic mass is 16.2. The van der Waals surface area contributed by atoms with Gasteiger partial charge in [0.15, 0.2) is 0 Å². The average Bonchev–Trinajstić information content (AvgIpc) is 3.29. The number of benzene rings is 2. The van der Waals surface area contributed by atoms with E-state index in [1.807, 2.05) is 60.7 Å². The molecule has 1 fully saturated rings. The molecule has 1 aliphatic rings. The van der Waals surface area contributed by atoms with Crippen molar-refractivity contribution < 1.29 is 9.59 Å². The smallest absolute Gasteiger partial charge is 0.253 e. The van der Waals surface area contributed by atoms with Crippen LogP contribution < -0.4 is 16.2 Å². The molecule has 6 nitrogen and oxygen atoms in total. The summed E-state index contributed by atoms with van der Waals surface area (Å²) in [5.41, 5.74) is 1.70. The van der Waals surface area contributed by atoms with Crippen molar-refractivity contribution in [2.75, 3.05) is 0 Å². The fourth-order valence-corrected chi connectivity index (χ4v) is 4.35. The topological polar surface area (TPSA) is 80.2 Å². The van der Waals surface area contributed by atoms with Gasteiger partial charge in [-0.15, -0.1) is 0 Å². The van der Waals surface area contributed by atoms with Crippen molar-refractivity contribution in [1.29, 1.82) is 0 Å². The van der Waals surface area contributed by atoms with Crippen LogP contribution in [0.3, 0.4) is 0 Å². The summed E-state index contributed by atoms with van der Waals surface area (Å²) in [4.78, 5) is 37.8. The first-order valence-corrected chi connectivity index (χ1v) is 10.9. The Morgan fingerprint density at radius 3 is 2.22 bits per heavy atom. The molecule has 2 amide bonds. The molecule has 1 aromatic heterocycles. The van der Waals surface area contributed by atoms with Crippen molar-refractivity contribution in [3.8, 4) is 0 Å². The molecule has 3 aromatic rings. The zero-order valence-corrected chi connectivity index (χ0v) is 17.9. The van der Waals surface area contributed by atoms with Crippen LogP contribution in [0, 0.1) is 0 Å². The van der Waals surface area contributed by atoms with Crippen LogP contribution in [0.2, 0.25) is 0 Å². The van der Waals surface area contributed by atoms with Gasteiger partial charge in [-0.25, -0.2) is 0 Å². The van der Waals surface area contributed by atoms with Crippen molar-refractivity contribution in [2.24, 2.45) is 0 Å². The summed E-state index contributed by atoms with van der Waals surface area (Å²) in [5.74, 6) is -0.528. The van der Waals surface area contributed by atoms with E-state index in [9.17, 15) is 14.4 Å².